The molecule has 2 rings (SSSR count). The highest BCUT2D eigenvalue weighted by molar-refractivity contribution is 5.48. The maximum absolute atomic E-state index is 5.04. The SMILES string of the molecule is COCCNc1n[nH]c2c1CCCC2C(C)C. The van der Waals surface area contributed by atoms with Crippen LogP contribution >= 0.6 is 0 Å². The predicted octanol–water partition coefficient (Wildman–Crippen LogP) is 2.54. The molecule has 0 amide bonds. The van der Waals surface area contributed by atoms with E-state index in [4.69, 9.17) is 4.74 Å². The summed E-state index contributed by atoms with van der Waals surface area (Å²) in [6, 6.07) is 0. The number of H-pyrrole nitrogens is 1. The highest BCUT2D eigenvalue weighted by Gasteiger charge is 2.27. The van der Waals surface area contributed by atoms with Crippen LogP contribution in [0.15, 0.2) is 0 Å². The van der Waals surface area contributed by atoms with E-state index in [1.165, 1.54) is 24.1 Å². The fourth-order valence-electron chi connectivity index (χ4n) is 2.67. The Bertz CT molecular complexity index is 360. The largest absolute Gasteiger partial charge is 0.383 e. The molecule has 4 heteroatoms. The second-order valence-corrected chi connectivity index (χ2v) is 5.13. The van der Waals surface area contributed by atoms with E-state index in [1.54, 1.807) is 7.11 Å². The third-order valence-corrected chi connectivity index (χ3v) is 3.62. The molecule has 0 aromatic carbocycles. The molecule has 0 aliphatic heterocycles. The quantitative estimate of drug-likeness (QED) is 0.774. The molecular weight excluding hydrogens is 214 g/mol. The molecule has 0 radical (unpaired) electrons. The lowest BCUT2D eigenvalue weighted by Crippen LogP contribution is -2.15. The van der Waals surface area contributed by atoms with Gasteiger partial charge in [-0.1, -0.05) is 13.8 Å². The van der Waals surface area contributed by atoms with E-state index in [-0.39, 0.29) is 0 Å². The Hall–Kier alpha value is -1.03. The van der Waals surface area contributed by atoms with Crippen molar-refractivity contribution in [1.29, 1.82) is 0 Å². The summed E-state index contributed by atoms with van der Waals surface area (Å²) in [4.78, 5) is 0. The van der Waals surface area contributed by atoms with E-state index in [0.717, 1.165) is 25.4 Å². The van der Waals surface area contributed by atoms with Crippen molar-refractivity contribution in [1.82, 2.24) is 10.2 Å². The summed E-state index contributed by atoms with van der Waals surface area (Å²) >= 11 is 0. The van der Waals surface area contributed by atoms with Crippen LogP contribution in [0.4, 0.5) is 5.82 Å². The zero-order valence-corrected chi connectivity index (χ0v) is 11.0. The van der Waals surface area contributed by atoms with Gasteiger partial charge in [-0.15, -0.1) is 0 Å². The lowest BCUT2D eigenvalue weighted by atomic mass is 9.81. The molecule has 1 atom stereocenters. The average Bonchev–Trinajstić information content (AvgIpc) is 2.72. The fourth-order valence-corrected chi connectivity index (χ4v) is 2.67. The summed E-state index contributed by atoms with van der Waals surface area (Å²) in [7, 11) is 1.72. The van der Waals surface area contributed by atoms with E-state index >= 15 is 0 Å². The van der Waals surface area contributed by atoms with Crippen molar-refractivity contribution in [3.63, 3.8) is 0 Å². The Morgan fingerprint density at radius 1 is 1.53 bits per heavy atom. The lowest BCUT2D eigenvalue weighted by molar-refractivity contribution is 0.210. The van der Waals surface area contributed by atoms with Crippen LogP contribution in [0.5, 0.6) is 0 Å². The van der Waals surface area contributed by atoms with E-state index in [2.05, 4.69) is 29.4 Å². The summed E-state index contributed by atoms with van der Waals surface area (Å²) in [5.74, 6) is 2.35. The smallest absolute Gasteiger partial charge is 0.151 e. The van der Waals surface area contributed by atoms with Crippen molar-refractivity contribution in [3.8, 4) is 0 Å². The van der Waals surface area contributed by atoms with Crippen molar-refractivity contribution in [2.24, 2.45) is 5.92 Å². The average molecular weight is 237 g/mol. The maximum atomic E-state index is 5.04. The number of nitrogens with one attached hydrogen (secondary N) is 2. The number of ether oxygens (including phenoxy) is 1. The molecule has 1 aromatic heterocycles. The first-order valence-corrected chi connectivity index (χ1v) is 6.54. The highest BCUT2D eigenvalue weighted by atomic mass is 16.5. The standard InChI is InChI=1S/C13H23N3O/c1-9(2)10-5-4-6-11-12(10)15-16-13(11)14-7-8-17-3/h9-10H,4-8H2,1-3H3,(H2,14,15,16). The van der Waals surface area contributed by atoms with E-state index in [0.29, 0.717) is 11.8 Å². The van der Waals surface area contributed by atoms with Crippen molar-refractivity contribution in [2.45, 2.75) is 39.0 Å². The Morgan fingerprint density at radius 3 is 3.06 bits per heavy atom. The number of nitrogens with zero attached hydrogens (tertiary/aromatic N) is 1. The molecular formula is C13H23N3O. The molecule has 1 heterocycles. The second-order valence-electron chi connectivity index (χ2n) is 5.13. The predicted molar refractivity (Wildman–Crippen MR) is 69.5 cm³/mol. The van der Waals surface area contributed by atoms with Crippen LogP contribution in [0.2, 0.25) is 0 Å². The third-order valence-electron chi connectivity index (χ3n) is 3.62. The van der Waals surface area contributed by atoms with Gasteiger partial charge in [-0.3, -0.25) is 5.10 Å². The Labute approximate surface area is 103 Å². The molecule has 17 heavy (non-hydrogen) atoms. The number of rotatable bonds is 5. The molecule has 0 fully saturated rings. The minimum atomic E-state index is 0.643. The number of hydrogen-bond donors (Lipinski definition) is 2. The van der Waals surface area contributed by atoms with Gasteiger partial charge in [-0.25, -0.2) is 0 Å². The van der Waals surface area contributed by atoms with Crippen LogP contribution in [0.1, 0.15) is 43.9 Å². The first-order valence-electron chi connectivity index (χ1n) is 6.54. The zero-order chi connectivity index (χ0) is 12.3. The number of hydrogen-bond acceptors (Lipinski definition) is 3. The van der Waals surface area contributed by atoms with E-state index in [1.807, 2.05) is 0 Å². The van der Waals surface area contributed by atoms with Crippen molar-refractivity contribution in [3.05, 3.63) is 11.3 Å². The molecule has 0 saturated carbocycles. The van der Waals surface area contributed by atoms with Gasteiger partial charge in [0.2, 0.25) is 0 Å². The van der Waals surface area contributed by atoms with E-state index in [9.17, 15) is 0 Å². The summed E-state index contributed by atoms with van der Waals surface area (Å²) in [5, 5.41) is 11.0. The molecule has 0 bridgehead atoms. The van der Waals surface area contributed by atoms with Crippen LogP contribution < -0.4 is 5.32 Å². The topological polar surface area (TPSA) is 49.9 Å². The molecule has 1 aromatic rings. The molecule has 4 nitrogen and oxygen atoms in total. The number of fused-ring (bicyclic) bond motifs is 1. The fraction of sp³-hybridized carbons (Fsp3) is 0.769. The number of aromatic nitrogens is 2. The van der Waals surface area contributed by atoms with Crippen LogP contribution in [-0.2, 0) is 11.2 Å². The summed E-state index contributed by atoms with van der Waals surface area (Å²) in [6.07, 6.45) is 3.70. The molecule has 96 valence electrons. The van der Waals surface area contributed by atoms with Gasteiger partial charge in [0.1, 0.15) is 0 Å². The van der Waals surface area contributed by atoms with Gasteiger partial charge < -0.3 is 10.1 Å². The number of methoxy groups -OCH3 is 1. The molecule has 1 aliphatic rings. The third kappa shape index (κ3) is 2.63. The first kappa shape index (κ1) is 12.4. The summed E-state index contributed by atoms with van der Waals surface area (Å²) in [5.41, 5.74) is 2.75. The first-order chi connectivity index (χ1) is 8.24. The molecule has 0 saturated heterocycles. The van der Waals surface area contributed by atoms with Crippen LogP contribution in [0, 0.1) is 5.92 Å². The highest BCUT2D eigenvalue weighted by Crippen LogP contribution is 2.37. The van der Waals surface area contributed by atoms with Crippen molar-refractivity contribution in [2.75, 3.05) is 25.6 Å². The van der Waals surface area contributed by atoms with Gasteiger partial charge in [0.25, 0.3) is 0 Å². The Kier molecular flexibility index (Phi) is 4.05. The van der Waals surface area contributed by atoms with Crippen molar-refractivity contribution >= 4 is 5.82 Å². The monoisotopic (exact) mass is 237 g/mol. The maximum Gasteiger partial charge on any atom is 0.151 e. The Morgan fingerprint density at radius 2 is 2.35 bits per heavy atom. The van der Waals surface area contributed by atoms with Gasteiger partial charge in [0.15, 0.2) is 5.82 Å². The van der Waals surface area contributed by atoms with Crippen molar-refractivity contribution < 1.29 is 4.74 Å². The zero-order valence-electron chi connectivity index (χ0n) is 11.0. The molecule has 1 unspecified atom stereocenters. The lowest BCUT2D eigenvalue weighted by Gasteiger charge is -2.25. The van der Waals surface area contributed by atoms with E-state index < -0.39 is 0 Å². The second kappa shape index (κ2) is 5.54. The van der Waals surface area contributed by atoms with Gasteiger partial charge in [0.05, 0.1) is 6.61 Å². The minimum Gasteiger partial charge on any atom is -0.383 e. The van der Waals surface area contributed by atoms with Gasteiger partial charge >= 0.3 is 0 Å². The minimum absolute atomic E-state index is 0.643. The normalized spacial score (nSPS) is 19.4. The summed E-state index contributed by atoms with van der Waals surface area (Å²) < 4.78 is 5.04. The van der Waals surface area contributed by atoms with Gasteiger partial charge in [0, 0.05) is 30.8 Å². The van der Waals surface area contributed by atoms with Gasteiger partial charge in [-0.2, -0.15) is 5.10 Å². The van der Waals surface area contributed by atoms with Crippen LogP contribution in [-0.4, -0.2) is 30.5 Å². The molecule has 0 spiro atoms. The van der Waals surface area contributed by atoms with Crippen LogP contribution in [0.3, 0.4) is 0 Å². The number of aromatic amines is 1. The Balaban J connectivity index is 2.11. The molecule has 2 N–H and O–H groups in total. The van der Waals surface area contributed by atoms with Gasteiger partial charge in [-0.05, 0) is 25.2 Å². The molecule has 1 aliphatic carbocycles. The number of anilines is 1. The summed E-state index contributed by atoms with van der Waals surface area (Å²) in [6.45, 7) is 6.12. The van der Waals surface area contributed by atoms with Crippen LogP contribution in [0.25, 0.3) is 0 Å².